The van der Waals surface area contributed by atoms with Gasteiger partial charge in [-0.2, -0.15) is 0 Å². The number of carboxylic acids is 1. The lowest BCUT2D eigenvalue weighted by Gasteiger charge is -2.22. The molecule has 1 aliphatic carbocycles. The molecule has 0 saturated heterocycles. The van der Waals surface area contributed by atoms with Crippen LogP contribution >= 0.6 is 0 Å². The first kappa shape index (κ1) is 28.6. The second-order valence-electron chi connectivity index (χ2n) is 8.98. The molecule has 0 spiro atoms. The smallest absolute Gasteiger partial charge is 0.329 e. The number of halogens is 1. The van der Waals surface area contributed by atoms with E-state index in [1.54, 1.807) is 18.2 Å². The summed E-state index contributed by atoms with van der Waals surface area (Å²) in [5.74, 6) is -1.26. The lowest BCUT2D eigenvalue weighted by Crippen LogP contribution is -2.20. The third kappa shape index (κ3) is 7.55. The number of rotatable bonds is 10. The SMILES string of the molecule is COCC(=O)O.COc1cccc(-c2c(OCC(N)=O)nn(CC3CCCCC3)c2-c2ccccc2)c1F. The van der Waals surface area contributed by atoms with Gasteiger partial charge in [0.1, 0.15) is 6.61 Å². The van der Waals surface area contributed by atoms with Gasteiger partial charge < -0.3 is 25.1 Å². The Hall–Kier alpha value is -3.92. The number of ether oxygens (including phenoxy) is 3. The van der Waals surface area contributed by atoms with Gasteiger partial charge in [-0.3, -0.25) is 9.48 Å². The Labute approximate surface area is 221 Å². The maximum absolute atomic E-state index is 15.4. The molecular weight excluding hydrogens is 493 g/mol. The number of aliphatic carboxylic acids is 1. The topological polar surface area (TPSA) is 126 Å². The summed E-state index contributed by atoms with van der Waals surface area (Å²) in [7, 11) is 2.77. The van der Waals surface area contributed by atoms with Crippen molar-refractivity contribution >= 4 is 11.9 Å². The van der Waals surface area contributed by atoms with E-state index in [1.807, 2.05) is 35.0 Å². The van der Waals surface area contributed by atoms with E-state index in [1.165, 1.54) is 33.5 Å². The van der Waals surface area contributed by atoms with Gasteiger partial charge in [0, 0.05) is 24.8 Å². The van der Waals surface area contributed by atoms with Crippen LogP contribution < -0.4 is 15.2 Å². The van der Waals surface area contributed by atoms with Gasteiger partial charge >= 0.3 is 5.97 Å². The third-order valence-corrected chi connectivity index (χ3v) is 6.19. The molecule has 1 amide bonds. The van der Waals surface area contributed by atoms with Crippen molar-refractivity contribution in [1.29, 1.82) is 0 Å². The molecule has 0 atom stereocenters. The Morgan fingerprint density at radius 3 is 2.34 bits per heavy atom. The highest BCUT2D eigenvalue weighted by molar-refractivity contribution is 5.86. The van der Waals surface area contributed by atoms with Gasteiger partial charge in [0.15, 0.2) is 18.2 Å². The molecular formula is C28H34FN3O6. The number of amides is 1. The molecule has 4 rings (SSSR count). The number of carboxylic acid groups (broad SMARTS) is 1. The monoisotopic (exact) mass is 527 g/mol. The molecule has 3 aromatic rings. The minimum absolute atomic E-state index is 0.127. The number of hydrogen-bond acceptors (Lipinski definition) is 6. The van der Waals surface area contributed by atoms with Gasteiger partial charge in [-0.1, -0.05) is 61.7 Å². The van der Waals surface area contributed by atoms with E-state index in [0.29, 0.717) is 23.6 Å². The average molecular weight is 528 g/mol. The lowest BCUT2D eigenvalue weighted by atomic mass is 9.89. The van der Waals surface area contributed by atoms with Gasteiger partial charge in [0.2, 0.25) is 5.88 Å². The fraction of sp³-hybridized carbons (Fsp3) is 0.393. The van der Waals surface area contributed by atoms with Crippen molar-refractivity contribution in [3.05, 3.63) is 54.3 Å². The molecule has 204 valence electrons. The number of carbonyl (C=O) groups excluding carboxylic acids is 1. The van der Waals surface area contributed by atoms with Gasteiger partial charge in [0.05, 0.1) is 18.4 Å². The second kappa shape index (κ2) is 14.1. The van der Waals surface area contributed by atoms with Crippen molar-refractivity contribution in [2.45, 2.75) is 38.6 Å². The summed E-state index contributed by atoms with van der Waals surface area (Å²) in [6, 6.07) is 14.7. The highest BCUT2D eigenvalue weighted by atomic mass is 19.1. The number of primary amides is 1. The number of methoxy groups -OCH3 is 2. The average Bonchev–Trinajstić information content (AvgIpc) is 3.26. The van der Waals surface area contributed by atoms with Crippen molar-refractivity contribution in [2.24, 2.45) is 11.7 Å². The Morgan fingerprint density at radius 2 is 1.76 bits per heavy atom. The van der Waals surface area contributed by atoms with Crippen LogP contribution in [0.15, 0.2) is 48.5 Å². The largest absolute Gasteiger partial charge is 0.494 e. The number of aromatic nitrogens is 2. The first-order valence-electron chi connectivity index (χ1n) is 12.5. The van der Waals surface area contributed by atoms with E-state index < -0.39 is 17.7 Å². The zero-order chi connectivity index (χ0) is 27.5. The van der Waals surface area contributed by atoms with Crippen molar-refractivity contribution in [3.63, 3.8) is 0 Å². The predicted molar refractivity (Wildman–Crippen MR) is 140 cm³/mol. The van der Waals surface area contributed by atoms with Crippen LogP contribution in [0.25, 0.3) is 22.4 Å². The van der Waals surface area contributed by atoms with E-state index in [2.05, 4.69) is 4.74 Å². The number of benzene rings is 2. The third-order valence-electron chi connectivity index (χ3n) is 6.19. The summed E-state index contributed by atoms with van der Waals surface area (Å²) in [5, 5.41) is 12.5. The van der Waals surface area contributed by atoms with Gasteiger partial charge in [-0.15, -0.1) is 5.10 Å². The van der Waals surface area contributed by atoms with E-state index in [-0.39, 0.29) is 24.8 Å². The minimum atomic E-state index is -0.933. The van der Waals surface area contributed by atoms with E-state index >= 15 is 4.39 Å². The van der Waals surface area contributed by atoms with Gasteiger partial charge in [-0.05, 0) is 24.8 Å². The fourth-order valence-electron chi connectivity index (χ4n) is 4.54. The minimum Gasteiger partial charge on any atom is -0.494 e. The molecule has 1 heterocycles. The second-order valence-corrected chi connectivity index (χ2v) is 8.98. The highest BCUT2D eigenvalue weighted by Gasteiger charge is 2.27. The molecule has 1 saturated carbocycles. The summed E-state index contributed by atoms with van der Waals surface area (Å²) < 4.78 is 32.4. The maximum atomic E-state index is 15.4. The molecule has 2 aromatic carbocycles. The molecule has 0 unspecified atom stereocenters. The van der Waals surface area contributed by atoms with Gasteiger partial charge in [-0.25, -0.2) is 9.18 Å². The van der Waals surface area contributed by atoms with E-state index in [0.717, 1.165) is 24.1 Å². The highest BCUT2D eigenvalue weighted by Crippen LogP contribution is 2.43. The van der Waals surface area contributed by atoms with Crippen molar-refractivity contribution in [3.8, 4) is 34.0 Å². The molecule has 9 nitrogen and oxygen atoms in total. The Morgan fingerprint density at radius 1 is 1.05 bits per heavy atom. The summed E-state index contributed by atoms with van der Waals surface area (Å²) >= 11 is 0. The van der Waals surface area contributed by atoms with Crippen LogP contribution in [-0.4, -0.2) is 54.2 Å². The summed E-state index contributed by atoms with van der Waals surface area (Å²) in [5.41, 5.74) is 7.75. The first-order chi connectivity index (χ1) is 18.3. The summed E-state index contributed by atoms with van der Waals surface area (Å²) in [6.45, 7) is 0.149. The Bertz CT molecular complexity index is 1210. The maximum Gasteiger partial charge on any atom is 0.329 e. The van der Waals surface area contributed by atoms with E-state index in [9.17, 15) is 9.59 Å². The van der Waals surface area contributed by atoms with Crippen LogP contribution in [0.3, 0.4) is 0 Å². The van der Waals surface area contributed by atoms with Crippen LogP contribution in [0.1, 0.15) is 32.1 Å². The first-order valence-corrected chi connectivity index (χ1v) is 12.5. The van der Waals surface area contributed by atoms with Crippen LogP contribution in [0, 0.1) is 11.7 Å². The van der Waals surface area contributed by atoms with Crippen LogP contribution in [0.4, 0.5) is 4.39 Å². The quantitative estimate of drug-likeness (QED) is 0.397. The van der Waals surface area contributed by atoms with Crippen LogP contribution in [0.5, 0.6) is 11.6 Å². The number of hydrogen-bond donors (Lipinski definition) is 2. The number of nitrogens with zero attached hydrogens (tertiary/aromatic N) is 2. The van der Waals surface area contributed by atoms with Crippen LogP contribution in [0.2, 0.25) is 0 Å². The summed E-state index contributed by atoms with van der Waals surface area (Å²) in [6.07, 6.45) is 5.93. The molecule has 0 radical (unpaired) electrons. The predicted octanol–water partition coefficient (Wildman–Crippen LogP) is 4.53. The normalized spacial score (nSPS) is 13.3. The molecule has 10 heteroatoms. The van der Waals surface area contributed by atoms with Crippen molar-refractivity contribution in [2.75, 3.05) is 27.4 Å². The molecule has 1 aromatic heterocycles. The molecule has 1 fully saturated rings. The summed E-state index contributed by atoms with van der Waals surface area (Å²) in [4.78, 5) is 20.9. The molecule has 0 aliphatic heterocycles. The van der Waals surface area contributed by atoms with Gasteiger partial charge in [0.25, 0.3) is 5.91 Å². The zero-order valence-electron chi connectivity index (χ0n) is 21.7. The molecule has 38 heavy (non-hydrogen) atoms. The number of nitrogens with two attached hydrogens (primary N) is 1. The van der Waals surface area contributed by atoms with Crippen molar-refractivity contribution in [1.82, 2.24) is 9.78 Å². The fourth-order valence-corrected chi connectivity index (χ4v) is 4.54. The molecule has 0 bridgehead atoms. The molecule has 1 aliphatic rings. The Balaban J connectivity index is 0.000000599. The standard InChI is InChI=1S/C25H28FN3O3.C3H6O3/c1-31-20-14-8-13-19(23(20)26)22-24(18-11-6-3-7-12-18)29(15-17-9-4-2-5-10-17)28-25(22)32-16-21(27)30;1-6-2-3(4)5/h3,6-8,11-14,17H,2,4-5,9-10,15-16H2,1H3,(H2,27,30);2H2,1H3,(H,4,5). The van der Waals surface area contributed by atoms with Crippen LogP contribution in [-0.2, 0) is 20.9 Å². The number of carbonyl (C=O) groups is 2. The zero-order valence-corrected chi connectivity index (χ0v) is 21.7. The van der Waals surface area contributed by atoms with E-state index in [4.69, 9.17) is 25.4 Å². The van der Waals surface area contributed by atoms with Crippen molar-refractivity contribution < 1.29 is 33.3 Å². The lowest BCUT2D eigenvalue weighted by molar-refractivity contribution is -0.141. The Kier molecular flexibility index (Phi) is 10.7. The molecule has 3 N–H and O–H groups in total.